The Morgan fingerprint density at radius 2 is 1.11 bits per heavy atom. The van der Waals surface area contributed by atoms with Gasteiger partial charge in [0.05, 0.1) is 0 Å². The zero-order valence-corrected chi connectivity index (χ0v) is 34.5. The molecule has 3 heterocycles. The number of thiophene rings is 1. The highest BCUT2D eigenvalue weighted by Crippen LogP contribution is 2.52. The summed E-state index contributed by atoms with van der Waals surface area (Å²) in [6.45, 7) is 19.9. The maximum atomic E-state index is 2.70. The zero-order valence-electron chi connectivity index (χ0n) is 33.7. The largest absolute Gasteiger partial charge is 0.311 e. The van der Waals surface area contributed by atoms with E-state index in [-0.39, 0.29) is 28.4 Å². The van der Waals surface area contributed by atoms with Crippen molar-refractivity contribution in [2.75, 3.05) is 4.90 Å². The third-order valence-electron chi connectivity index (χ3n) is 14.6. The molecule has 272 valence electrons. The topological polar surface area (TPSA) is 3.24 Å². The molecule has 6 aromatic carbocycles. The van der Waals surface area contributed by atoms with Crippen molar-refractivity contribution in [1.29, 1.82) is 0 Å². The van der Waals surface area contributed by atoms with Gasteiger partial charge in [-0.1, -0.05) is 128 Å². The van der Waals surface area contributed by atoms with Crippen LogP contribution in [0.15, 0.2) is 109 Å². The maximum absolute atomic E-state index is 2.70. The van der Waals surface area contributed by atoms with E-state index in [1.807, 2.05) is 11.3 Å². The lowest BCUT2D eigenvalue weighted by molar-refractivity contribution is 0.332. The minimum atomic E-state index is 0.101. The van der Waals surface area contributed by atoms with Gasteiger partial charge in [0, 0.05) is 37.2 Å². The van der Waals surface area contributed by atoms with Gasteiger partial charge in [0.1, 0.15) is 0 Å². The monoisotopic (exact) mass is 731 g/mol. The van der Waals surface area contributed by atoms with E-state index in [9.17, 15) is 0 Å². The van der Waals surface area contributed by atoms with E-state index in [4.69, 9.17) is 0 Å². The molecule has 2 aliphatic carbocycles. The fourth-order valence-electron chi connectivity index (χ4n) is 11.2. The Hall–Kier alpha value is -4.60. The van der Waals surface area contributed by atoms with Gasteiger partial charge in [0.2, 0.25) is 6.71 Å². The first-order valence-corrected chi connectivity index (χ1v) is 21.4. The van der Waals surface area contributed by atoms with E-state index < -0.39 is 0 Å². The lowest BCUT2D eigenvalue weighted by Gasteiger charge is -2.45. The first kappa shape index (κ1) is 33.7. The summed E-state index contributed by atoms with van der Waals surface area (Å²) in [5, 5.41) is 2.72. The molecule has 1 nitrogen and oxygen atoms in total. The lowest BCUT2D eigenvalue weighted by atomic mass is 9.36. The molecule has 0 atom stereocenters. The Balaban J connectivity index is 1.26. The molecule has 55 heavy (non-hydrogen) atoms. The first-order valence-electron chi connectivity index (χ1n) is 20.6. The van der Waals surface area contributed by atoms with E-state index in [1.165, 1.54) is 124 Å². The smallest absolute Gasteiger partial charge is 0.248 e. The van der Waals surface area contributed by atoms with Gasteiger partial charge in [0.15, 0.2) is 0 Å². The van der Waals surface area contributed by atoms with Gasteiger partial charge in [-0.15, -0.1) is 11.3 Å². The van der Waals surface area contributed by atoms with Crippen LogP contribution in [0.4, 0.5) is 17.1 Å². The molecule has 2 aliphatic heterocycles. The van der Waals surface area contributed by atoms with Gasteiger partial charge in [-0.05, 0) is 145 Å². The Labute approximate surface area is 331 Å². The number of benzene rings is 6. The second kappa shape index (κ2) is 11.0. The molecule has 7 aromatic rings. The van der Waals surface area contributed by atoms with Crippen molar-refractivity contribution < 1.29 is 0 Å². The Morgan fingerprint density at radius 1 is 0.491 bits per heavy atom. The highest BCUT2D eigenvalue weighted by atomic mass is 32.1. The van der Waals surface area contributed by atoms with Crippen molar-refractivity contribution >= 4 is 71.7 Å². The maximum Gasteiger partial charge on any atom is 0.248 e. The van der Waals surface area contributed by atoms with Gasteiger partial charge >= 0.3 is 0 Å². The SMILES string of the molecule is CC1(C)CCC(C)(C)c2cc(N3c4cc5c(cc4B4c6ccccc6-c6cc(-c7cccc8sc9ccccc9c78)cc3c64)C(C)(C)CCC5(C)C)ccc21. The third-order valence-corrected chi connectivity index (χ3v) is 15.7. The number of nitrogens with zero attached hydrogens (tertiary/aromatic N) is 1. The molecule has 3 heteroatoms. The molecule has 0 unspecified atom stereocenters. The van der Waals surface area contributed by atoms with Crippen LogP contribution in [0.1, 0.15) is 103 Å². The Bertz CT molecular complexity index is 2790. The molecule has 0 saturated heterocycles. The summed E-state index contributed by atoms with van der Waals surface area (Å²) < 4.78 is 2.70. The van der Waals surface area contributed by atoms with Crippen LogP contribution in [0.3, 0.4) is 0 Å². The minimum Gasteiger partial charge on any atom is -0.311 e. The van der Waals surface area contributed by atoms with Crippen molar-refractivity contribution in [2.24, 2.45) is 0 Å². The van der Waals surface area contributed by atoms with E-state index >= 15 is 0 Å². The number of fused-ring (bicyclic) bond motifs is 10. The van der Waals surface area contributed by atoms with Crippen molar-refractivity contribution in [3.05, 3.63) is 131 Å². The fraction of sp³-hybridized carbons (Fsp3) is 0.308. The fourth-order valence-corrected chi connectivity index (χ4v) is 12.3. The van der Waals surface area contributed by atoms with Crippen LogP contribution < -0.4 is 21.3 Å². The molecule has 0 bridgehead atoms. The van der Waals surface area contributed by atoms with Crippen molar-refractivity contribution in [2.45, 2.75) is 103 Å². The molecule has 0 radical (unpaired) electrons. The average Bonchev–Trinajstić information content (AvgIpc) is 3.72. The van der Waals surface area contributed by atoms with Gasteiger partial charge < -0.3 is 4.90 Å². The number of hydrogen-bond donors (Lipinski definition) is 0. The number of rotatable bonds is 2. The van der Waals surface area contributed by atoms with E-state index in [0.717, 1.165) is 0 Å². The van der Waals surface area contributed by atoms with Crippen LogP contribution in [0.2, 0.25) is 0 Å². The van der Waals surface area contributed by atoms with E-state index in [0.29, 0.717) is 0 Å². The van der Waals surface area contributed by atoms with E-state index in [1.54, 1.807) is 0 Å². The van der Waals surface area contributed by atoms with Gasteiger partial charge in [0.25, 0.3) is 0 Å². The molecule has 0 fully saturated rings. The van der Waals surface area contributed by atoms with Crippen molar-refractivity contribution in [3.8, 4) is 22.3 Å². The second-order valence-electron chi connectivity index (χ2n) is 19.8. The molecule has 0 spiro atoms. The van der Waals surface area contributed by atoms with Crippen LogP contribution in [0, 0.1) is 0 Å². The first-order chi connectivity index (χ1) is 26.2. The van der Waals surface area contributed by atoms with E-state index in [2.05, 4.69) is 169 Å². The minimum absolute atomic E-state index is 0.101. The second-order valence-corrected chi connectivity index (χ2v) is 20.9. The average molecular weight is 732 g/mol. The molecule has 1 aromatic heterocycles. The third kappa shape index (κ3) is 4.66. The number of anilines is 3. The summed E-state index contributed by atoms with van der Waals surface area (Å²) in [5.74, 6) is 0. The summed E-state index contributed by atoms with van der Waals surface area (Å²) in [6, 6.07) is 43.1. The van der Waals surface area contributed by atoms with Gasteiger partial charge in [-0.2, -0.15) is 0 Å². The zero-order chi connectivity index (χ0) is 37.8. The standard InChI is InChI=1S/C52H50BNS/c1-49(2)22-23-50(3,4)38-28-32(20-21-37(38)49)54-43-30-40-39(51(5,6)24-25-52(40,7)8)29-42(43)53-41-17-11-9-14-34(41)36-26-31(27-44(54)48(36)53)33-16-13-19-46-47(33)35-15-10-12-18-45(35)55-46/h9-21,26-30H,22-25H2,1-8H3. The predicted molar refractivity (Wildman–Crippen MR) is 240 cm³/mol. The van der Waals surface area contributed by atoms with Gasteiger partial charge in [-0.25, -0.2) is 0 Å². The van der Waals surface area contributed by atoms with Crippen molar-refractivity contribution in [3.63, 3.8) is 0 Å². The highest BCUT2D eigenvalue weighted by Gasteiger charge is 2.46. The highest BCUT2D eigenvalue weighted by molar-refractivity contribution is 7.26. The van der Waals surface area contributed by atoms with Crippen LogP contribution >= 0.6 is 11.3 Å². The van der Waals surface area contributed by atoms with Crippen LogP contribution in [-0.4, -0.2) is 6.71 Å². The Kier molecular flexibility index (Phi) is 6.77. The van der Waals surface area contributed by atoms with Crippen LogP contribution in [-0.2, 0) is 21.7 Å². The van der Waals surface area contributed by atoms with Crippen molar-refractivity contribution in [1.82, 2.24) is 0 Å². The summed E-state index contributed by atoms with van der Waals surface area (Å²) in [7, 11) is 0. The molecular formula is C52H50BNS. The summed E-state index contributed by atoms with van der Waals surface area (Å²) in [6.07, 6.45) is 4.82. The van der Waals surface area contributed by atoms with Gasteiger partial charge in [-0.3, -0.25) is 0 Å². The molecule has 11 rings (SSSR count). The molecule has 0 saturated carbocycles. The normalized spacial score (nSPS) is 19.1. The molecule has 0 amide bonds. The summed E-state index contributed by atoms with van der Waals surface area (Å²) >= 11 is 1.91. The molecule has 4 aliphatic rings. The van der Waals surface area contributed by atoms with Crippen LogP contribution in [0.25, 0.3) is 42.4 Å². The summed E-state index contributed by atoms with van der Waals surface area (Å²) in [4.78, 5) is 2.70. The number of hydrogen-bond acceptors (Lipinski definition) is 2. The lowest BCUT2D eigenvalue weighted by Crippen LogP contribution is -2.55. The quantitative estimate of drug-likeness (QED) is 0.160. The van der Waals surface area contributed by atoms with Crippen LogP contribution in [0.5, 0.6) is 0 Å². The molecular weight excluding hydrogens is 681 g/mol. The Morgan fingerprint density at radius 3 is 1.87 bits per heavy atom. The summed E-state index contributed by atoms with van der Waals surface area (Å²) in [5.41, 5.74) is 20.3. The molecule has 0 N–H and O–H groups in total. The predicted octanol–water partition coefficient (Wildman–Crippen LogP) is 12.7.